The fourth-order valence-corrected chi connectivity index (χ4v) is 5.42. The van der Waals surface area contributed by atoms with Crippen molar-refractivity contribution in [2.75, 3.05) is 18.8 Å². The van der Waals surface area contributed by atoms with Gasteiger partial charge in [0, 0.05) is 53.8 Å². The van der Waals surface area contributed by atoms with Crippen LogP contribution >= 0.6 is 0 Å². The van der Waals surface area contributed by atoms with Crippen LogP contribution in [0.5, 0.6) is 0 Å². The van der Waals surface area contributed by atoms with E-state index in [4.69, 9.17) is 5.73 Å². The zero-order valence-electron chi connectivity index (χ0n) is 22.4. The average Bonchev–Trinajstić information content (AvgIpc) is 3.64. The Labute approximate surface area is 231 Å². The molecule has 4 N–H and O–H groups in total. The van der Waals surface area contributed by atoms with Gasteiger partial charge in [0.15, 0.2) is 0 Å². The van der Waals surface area contributed by atoms with E-state index in [1.807, 2.05) is 60.6 Å². The van der Waals surface area contributed by atoms with Crippen LogP contribution in [0.2, 0.25) is 0 Å². The molecule has 0 spiro atoms. The molecule has 204 valence electrons. The van der Waals surface area contributed by atoms with Crippen LogP contribution in [0.25, 0.3) is 33.4 Å². The summed E-state index contributed by atoms with van der Waals surface area (Å²) in [5.74, 6) is 0.170. The lowest BCUT2D eigenvalue weighted by Crippen LogP contribution is -2.37. The molecule has 10 heteroatoms. The van der Waals surface area contributed by atoms with Crippen LogP contribution in [-0.2, 0) is 16.9 Å². The topological polar surface area (TPSA) is 139 Å². The number of anilines is 1. The second kappa shape index (κ2) is 10.5. The summed E-state index contributed by atoms with van der Waals surface area (Å²) in [4.78, 5) is 31.4. The van der Waals surface area contributed by atoms with E-state index in [1.54, 1.807) is 23.1 Å². The van der Waals surface area contributed by atoms with Crippen molar-refractivity contribution in [3.8, 4) is 22.4 Å². The van der Waals surface area contributed by atoms with Crippen molar-refractivity contribution in [3.63, 3.8) is 0 Å². The number of nitrogen functional groups attached to an aromatic ring is 1. The molecule has 0 saturated carbocycles. The SMILES string of the molecule is CCC(O)(c1ccccc1)c1cc(-c2c[nH]c3ncc(-c4cnn(CC(=O)N5CCCCC5)c4)cc23)nc(N)n1. The number of benzene rings is 1. The quantitative estimate of drug-likeness (QED) is 0.284. The average molecular weight is 537 g/mol. The normalized spacial score (nSPS) is 15.3. The predicted molar refractivity (Wildman–Crippen MR) is 153 cm³/mol. The van der Waals surface area contributed by atoms with Crippen LogP contribution in [0.1, 0.15) is 43.9 Å². The van der Waals surface area contributed by atoms with Crippen molar-refractivity contribution in [3.05, 3.63) is 78.5 Å². The van der Waals surface area contributed by atoms with Crippen molar-refractivity contribution < 1.29 is 9.90 Å². The number of aromatic nitrogens is 6. The van der Waals surface area contributed by atoms with Gasteiger partial charge in [-0.05, 0) is 43.4 Å². The lowest BCUT2D eigenvalue weighted by atomic mass is 9.87. The highest BCUT2D eigenvalue weighted by Crippen LogP contribution is 2.36. The minimum atomic E-state index is -1.32. The van der Waals surface area contributed by atoms with Gasteiger partial charge in [-0.3, -0.25) is 9.48 Å². The molecule has 4 aromatic heterocycles. The standard InChI is InChI=1S/C30H32N8O2/c1-2-30(40,22-9-5-3-6-10-22)26-14-25(35-29(31)36-26)24-17-33-28-23(24)13-20(15-32-28)21-16-34-38(18-21)19-27(39)37-11-7-4-8-12-37/h3,5-6,9-10,13-18,40H,2,4,7-8,11-12,19H2,1H3,(H,32,33)(H2,31,35,36). The molecule has 6 rings (SSSR count). The number of nitrogens with two attached hydrogens (primary N) is 1. The number of nitrogens with one attached hydrogen (secondary N) is 1. The molecule has 40 heavy (non-hydrogen) atoms. The largest absolute Gasteiger partial charge is 0.379 e. The number of carbonyl (C=O) groups excluding carboxylic acids is 1. The van der Waals surface area contributed by atoms with Gasteiger partial charge in [-0.25, -0.2) is 15.0 Å². The van der Waals surface area contributed by atoms with Crippen molar-refractivity contribution >= 4 is 22.9 Å². The maximum atomic E-state index is 12.7. The van der Waals surface area contributed by atoms with Gasteiger partial charge in [0.2, 0.25) is 11.9 Å². The van der Waals surface area contributed by atoms with Gasteiger partial charge in [-0.2, -0.15) is 5.10 Å². The van der Waals surface area contributed by atoms with Gasteiger partial charge in [-0.1, -0.05) is 37.3 Å². The van der Waals surface area contributed by atoms with Crippen molar-refractivity contribution in [2.45, 2.75) is 44.8 Å². The van der Waals surface area contributed by atoms with Crippen LogP contribution < -0.4 is 5.73 Å². The third-order valence-electron chi connectivity index (χ3n) is 7.71. The minimum Gasteiger partial charge on any atom is -0.379 e. The zero-order valence-corrected chi connectivity index (χ0v) is 22.4. The maximum absolute atomic E-state index is 12.7. The number of carbonyl (C=O) groups is 1. The van der Waals surface area contributed by atoms with E-state index in [0.717, 1.165) is 53.6 Å². The molecule has 1 amide bonds. The number of H-pyrrole nitrogens is 1. The number of aromatic amines is 1. The molecule has 5 heterocycles. The number of rotatable bonds is 7. The maximum Gasteiger partial charge on any atom is 0.244 e. The second-order valence-corrected chi connectivity index (χ2v) is 10.3. The number of fused-ring (bicyclic) bond motifs is 1. The molecule has 1 fully saturated rings. The van der Waals surface area contributed by atoms with Crippen molar-refractivity contribution in [1.82, 2.24) is 34.6 Å². The van der Waals surface area contributed by atoms with Crippen LogP contribution in [0.4, 0.5) is 5.95 Å². The fourth-order valence-electron chi connectivity index (χ4n) is 5.42. The van der Waals surface area contributed by atoms with Crippen LogP contribution in [0.3, 0.4) is 0 Å². The zero-order chi connectivity index (χ0) is 27.7. The lowest BCUT2D eigenvalue weighted by Gasteiger charge is -2.27. The Morgan fingerprint density at radius 2 is 1.88 bits per heavy atom. The van der Waals surface area contributed by atoms with E-state index in [-0.39, 0.29) is 18.4 Å². The summed E-state index contributed by atoms with van der Waals surface area (Å²) in [6.45, 7) is 3.77. The number of hydrogen-bond donors (Lipinski definition) is 3. The summed E-state index contributed by atoms with van der Waals surface area (Å²) in [5.41, 5.74) is 9.80. The third kappa shape index (κ3) is 4.82. The molecule has 0 radical (unpaired) electrons. The summed E-state index contributed by atoms with van der Waals surface area (Å²) in [6, 6.07) is 13.2. The number of likely N-dealkylation sites (tertiary alicyclic amines) is 1. The Hall–Kier alpha value is -4.57. The lowest BCUT2D eigenvalue weighted by molar-refractivity contribution is -0.132. The van der Waals surface area contributed by atoms with E-state index in [2.05, 4.69) is 25.0 Å². The van der Waals surface area contributed by atoms with Gasteiger partial charge in [0.25, 0.3) is 0 Å². The summed E-state index contributed by atoms with van der Waals surface area (Å²) in [6.07, 6.45) is 11.0. The highest BCUT2D eigenvalue weighted by Gasteiger charge is 2.32. The van der Waals surface area contributed by atoms with Gasteiger partial charge in [0.1, 0.15) is 17.8 Å². The minimum absolute atomic E-state index is 0.0772. The number of aliphatic hydroxyl groups is 1. The number of hydrogen-bond acceptors (Lipinski definition) is 7. The van der Waals surface area contributed by atoms with E-state index in [1.165, 1.54) is 6.42 Å². The first-order valence-corrected chi connectivity index (χ1v) is 13.7. The number of nitrogens with zero attached hydrogens (tertiary/aromatic N) is 6. The third-order valence-corrected chi connectivity index (χ3v) is 7.71. The van der Waals surface area contributed by atoms with Crippen molar-refractivity contribution in [2.24, 2.45) is 0 Å². The van der Waals surface area contributed by atoms with Crippen molar-refractivity contribution in [1.29, 1.82) is 0 Å². The van der Waals surface area contributed by atoms with Gasteiger partial charge >= 0.3 is 0 Å². The monoisotopic (exact) mass is 536 g/mol. The van der Waals surface area contributed by atoms with Gasteiger partial charge in [-0.15, -0.1) is 0 Å². The molecule has 1 saturated heterocycles. The molecule has 1 aromatic carbocycles. The molecule has 1 aliphatic heterocycles. The van der Waals surface area contributed by atoms with E-state index in [0.29, 0.717) is 23.5 Å². The van der Waals surface area contributed by atoms with Crippen LogP contribution in [0.15, 0.2) is 67.3 Å². The number of pyridine rings is 1. The Kier molecular flexibility index (Phi) is 6.77. The van der Waals surface area contributed by atoms with E-state index >= 15 is 0 Å². The molecule has 0 aliphatic carbocycles. The Morgan fingerprint density at radius 3 is 2.65 bits per heavy atom. The summed E-state index contributed by atoms with van der Waals surface area (Å²) in [7, 11) is 0. The first-order chi connectivity index (χ1) is 19.4. The van der Waals surface area contributed by atoms with E-state index < -0.39 is 5.60 Å². The first kappa shape index (κ1) is 25.7. The second-order valence-electron chi connectivity index (χ2n) is 10.3. The summed E-state index contributed by atoms with van der Waals surface area (Å²) >= 11 is 0. The molecule has 1 unspecified atom stereocenters. The highest BCUT2D eigenvalue weighted by atomic mass is 16.3. The van der Waals surface area contributed by atoms with E-state index in [9.17, 15) is 9.90 Å². The Balaban J connectivity index is 1.32. The Bertz CT molecular complexity index is 1660. The number of amides is 1. The molecular weight excluding hydrogens is 504 g/mol. The highest BCUT2D eigenvalue weighted by molar-refractivity contribution is 5.95. The number of piperidine rings is 1. The molecule has 1 aliphatic rings. The van der Waals surface area contributed by atoms with Crippen LogP contribution in [0, 0.1) is 0 Å². The molecule has 1 atom stereocenters. The fraction of sp³-hybridized carbons (Fsp3) is 0.300. The Morgan fingerprint density at radius 1 is 1.07 bits per heavy atom. The first-order valence-electron chi connectivity index (χ1n) is 13.7. The van der Waals surface area contributed by atoms with Gasteiger partial charge < -0.3 is 20.7 Å². The molecule has 0 bridgehead atoms. The summed E-state index contributed by atoms with van der Waals surface area (Å²) in [5, 5.41) is 16.9. The summed E-state index contributed by atoms with van der Waals surface area (Å²) < 4.78 is 1.68. The predicted octanol–water partition coefficient (Wildman–Crippen LogP) is 4.12. The van der Waals surface area contributed by atoms with Crippen LogP contribution in [-0.4, -0.2) is 58.7 Å². The molecule has 10 nitrogen and oxygen atoms in total. The molecular formula is C30H32N8O2. The smallest absolute Gasteiger partial charge is 0.244 e. The molecule has 5 aromatic rings. The van der Waals surface area contributed by atoms with Gasteiger partial charge in [0.05, 0.1) is 17.6 Å².